The molecule has 2 aromatic carbocycles. The number of carbonyl (C=O) groups is 1. The summed E-state index contributed by atoms with van der Waals surface area (Å²) < 4.78 is 6.49. The van der Waals surface area contributed by atoms with Crippen molar-refractivity contribution >= 4 is 38.5 Å². The lowest BCUT2D eigenvalue weighted by atomic mass is 10.1. The summed E-state index contributed by atoms with van der Waals surface area (Å²) in [6, 6.07) is 11.0. The summed E-state index contributed by atoms with van der Waals surface area (Å²) in [6.45, 7) is 1.75. The fourth-order valence-electron chi connectivity index (χ4n) is 2.62. The number of nitrogens with one attached hydrogen (secondary N) is 1. The molecule has 0 aliphatic rings. The lowest BCUT2D eigenvalue weighted by Crippen LogP contribution is -2.28. The number of nitrogens with zero attached hydrogens (tertiary/aromatic N) is 1. The Bertz CT molecular complexity index is 981. The number of nitro benzene ring substituents is 1. The number of halogens is 1. The molecule has 1 atom stereocenters. The first-order valence-corrected chi connectivity index (χ1v) is 8.55. The molecule has 7 nitrogen and oxygen atoms in total. The molecule has 8 heteroatoms. The quantitative estimate of drug-likeness (QED) is 0.483. The maximum absolute atomic E-state index is 12.4. The van der Waals surface area contributed by atoms with Gasteiger partial charge in [0.2, 0.25) is 0 Å². The predicted molar refractivity (Wildman–Crippen MR) is 99.0 cm³/mol. The molecule has 0 spiro atoms. The highest BCUT2D eigenvalue weighted by Gasteiger charge is 2.19. The number of fused-ring (bicyclic) bond motifs is 1. The highest BCUT2D eigenvalue weighted by atomic mass is 79.9. The summed E-state index contributed by atoms with van der Waals surface area (Å²) in [5.41, 5.74) is 1.73. The lowest BCUT2D eigenvalue weighted by molar-refractivity contribution is -0.384. The van der Waals surface area contributed by atoms with Gasteiger partial charge in [-0.3, -0.25) is 14.9 Å². The minimum atomic E-state index is -0.987. The molecule has 3 rings (SSSR count). The predicted octanol–water partition coefficient (Wildman–Crippen LogP) is 3.88. The molecule has 0 saturated carbocycles. The first kappa shape index (κ1) is 18.1. The van der Waals surface area contributed by atoms with Crippen molar-refractivity contribution in [2.45, 2.75) is 13.0 Å². The Morgan fingerprint density at radius 2 is 2.00 bits per heavy atom. The van der Waals surface area contributed by atoms with Gasteiger partial charge in [-0.15, -0.1) is 0 Å². The second-order valence-electron chi connectivity index (χ2n) is 5.77. The molecule has 1 unspecified atom stereocenters. The Morgan fingerprint density at radius 3 is 2.65 bits per heavy atom. The first-order valence-electron chi connectivity index (χ1n) is 7.76. The molecule has 1 heterocycles. The van der Waals surface area contributed by atoms with Crippen LogP contribution in [0.2, 0.25) is 0 Å². The topological polar surface area (TPSA) is 106 Å². The third kappa shape index (κ3) is 3.61. The van der Waals surface area contributed by atoms with Crippen molar-refractivity contribution in [3.63, 3.8) is 0 Å². The molecular weight excluding hydrogens is 404 g/mol. The molecule has 0 aliphatic carbocycles. The van der Waals surface area contributed by atoms with Gasteiger partial charge in [0.05, 0.1) is 11.0 Å². The third-order valence-electron chi connectivity index (χ3n) is 4.05. The van der Waals surface area contributed by atoms with E-state index in [1.54, 1.807) is 13.0 Å². The number of carbonyl (C=O) groups excluding carboxylic acids is 1. The molecule has 26 heavy (non-hydrogen) atoms. The van der Waals surface area contributed by atoms with Crippen LogP contribution in [-0.4, -0.2) is 22.5 Å². The highest BCUT2D eigenvalue weighted by Crippen LogP contribution is 2.28. The fourth-order valence-corrected chi connectivity index (χ4v) is 2.98. The number of nitro groups is 1. The van der Waals surface area contributed by atoms with Crippen LogP contribution in [0.25, 0.3) is 11.0 Å². The second kappa shape index (κ2) is 7.27. The summed E-state index contributed by atoms with van der Waals surface area (Å²) in [7, 11) is 0. The van der Waals surface area contributed by atoms with Gasteiger partial charge >= 0.3 is 0 Å². The van der Waals surface area contributed by atoms with Crippen LogP contribution in [0.5, 0.6) is 0 Å². The third-order valence-corrected chi connectivity index (χ3v) is 4.54. The minimum absolute atomic E-state index is 0.0448. The van der Waals surface area contributed by atoms with E-state index in [-0.39, 0.29) is 18.0 Å². The van der Waals surface area contributed by atoms with Crippen LogP contribution in [0.3, 0.4) is 0 Å². The summed E-state index contributed by atoms with van der Waals surface area (Å²) in [5, 5.41) is 24.3. The highest BCUT2D eigenvalue weighted by molar-refractivity contribution is 9.10. The van der Waals surface area contributed by atoms with Gasteiger partial charge in [-0.1, -0.05) is 15.9 Å². The number of aryl methyl sites for hydroxylation is 1. The maximum atomic E-state index is 12.4. The Hall–Kier alpha value is -2.71. The van der Waals surface area contributed by atoms with E-state index < -0.39 is 16.9 Å². The number of non-ortho nitro benzene ring substituents is 1. The van der Waals surface area contributed by atoms with Gasteiger partial charge in [0.1, 0.15) is 5.58 Å². The van der Waals surface area contributed by atoms with Crippen LogP contribution >= 0.6 is 15.9 Å². The van der Waals surface area contributed by atoms with Crippen molar-refractivity contribution in [1.29, 1.82) is 0 Å². The van der Waals surface area contributed by atoms with E-state index in [0.717, 1.165) is 9.86 Å². The minimum Gasteiger partial charge on any atom is -0.451 e. The van der Waals surface area contributed by atoms with Gasteiger partial charge in [-0.05, 0) is 42.8 Å². The Balaban J connectivity index is 1.70. The average Bonchev–Trinajstić information content (AvgIpc) is 2.96. The normalized spacial score (nSPS) is 12.1. The molecule has 1 amide bonds. The summed E-state index contributed by atoms with van der Waals surface area (Å²) >= 11 is 3.39. The van der Waals surface area contributed by atoms with Crippen molar-refractivity contribution in [2.24, 2.45) is 0 Å². The number of benzene rings is 2. The molecule has 2 N–H and O–H groups in total. The molecule has 1 aromatic heterocycles. The number of amides is 1. The molecule has 0 bridgehead atoms. The molecule has 134 valence electrons. The fraction of sp³-hybridized carbons (Fsp3) is 0.167. The van der Waals surface area contributed by atoms with Crippen molar-refractivity contribution in [2.75, 3.05) is 6.54 Å². The largest absolute Gasteiger partial charge is 0.451 e. The van der Waals surface area contributed by atoms with Crippen molar-refractivity contribution in [1.82, 2.24) is 5.32 Å². The molecule has 0 saturated heterocycles. The number of hydrogen-bond donors (Lipinski definition) is 2. The van der Waals surface area contributed by atoms with E-state index in [0.29, 0.717) is 16.7 Å². The van der Waals surface area contributed by atoms with Crippen LogP contribution in [0.1, 0.15) is 27.8 Å². The van der Waals surface area contributed by atoms with E-state index in [2.05, 4.69) is 21.2 Å². The van der Waals surface area contributed by atoms with Gasteiger partial charge in [0, 0.05) is 34.1 Å². The van der Waals surface area contributed by atoms with Crippen LogP contribution in [-0.2, 0) is 0 Å². The second-order valence-corrected chi connectivity index (χ2v) is 6.69. The number of rotatable bonds is 5. The van der Waals surface area contributed by atoms with E-state index >= 15 is 0 Å². The Kier molecular flexibility index (Phi) is 5.06. The van der Waals surface area contributed by atoms with Gasteiger partial charge in [0.25, 0.3) is 11.6 Å². The van der Waals surface area contributed by atoms with Gasteiger partial charge < -0.3 is 14.8 Å². The van der Waals surface area contributed by atoms with Crippen molar-refractivity contribution in [3.05, 3.63) is 73.9 Å². The molecule has 3 aromatic rings. The smallest absolute Gasteiger partial charge is 0.287 e. The number of aliphatic hydroxyl groups is 1. The zero-order chi connectivity index (χ0) is 18.8. The van der Waals surface area contributed by atoms with Gasteiger partial charge in [0.15, 0.2) is 5.76 Å². The number of furan rings is 1. The SMILES string of the molecule is Cc1c(C(=O)NCC(O)c2ccc([N+](=O)[O-])cc2)oc2ccc(Br)cc12. The van der Waals surface area contributed by atoms with E-state index in [4.69, 9.17) is 4.42 Å². The van der Waals surface area contributed by atoms with E-state index in [1.165, 1.54) is 24.3 Å². The molecular formula is C18H15BrN2O5. The maximum Gasteiger partial charge on any atom is 0.287 e. The molecule has 0 radical (unpaired) electrons. The van der Waals surface area contributed by atoms with Crippen LogP contribution in [0.15, 0.2) is 51.4 Å². The van der Waals surface area contributed by atoms with Gasteiger partial charge in [-0.2, -0.15) is 0 Å². The zero-order valence-corrected chi connectivity index (χ0v) is 15.3. The summed E-state index contributed by atoms with van der Waals surface area (Å²) in [5.74, 6) is -0.246. The standard InChI is InChI=1S/C18H15BrN2O5/c1-10-14-8-12(19)4-7-16(14)26-17(10)18(23)20-9-15(22)11-2-5-13(6-3-11)21(24)25/h2-8,15,22H,9H2,1H3,(H,20,23). The van der Waals surface area contributed by atoms with Gasteiger partial charge in [-0.25, -0.2) is 0 Å². The summed E-state index contributed by atoms with van der Waals surface area (Å²) in [4.78, 5) is 22.5. The lowest BCUT2D eigenvalue weighted by Gasteiger charge is -2.11. The van der Waals surface area contributed by atoms with E-state index in [9.17, 15) is 20.0 Å². The van der Waals surface area contributed by atoms with E-state index in [1.807, 2.05) is 12.1 Å². The summed E-state index contributed by atoms with van der Waals surface area (Å²) in [6.07, 6.45) is -0.987. The average molecular weight is 419 g/mol. The van der Waals surface area contributed by atoms with Crippen LogP contribution in [0.4, 0.5) is 5.69 Å². The Morgan fingerprint density at radius 1 is 1.31 bits per heavy atom. The number of aliphatic hydroxyl groups excluding tert-OH is 1. The zero-order valence-electron chi connectivity index (χ0n) is 13.7. The first-order chi connectivity index (χ1) is 12.4. The molecule has 0 aliphatic heterocycles. The van der Waals surface area contributed by atoms with Crippen LogP contribution < -0.4 is 5.32 Å². The van der Waals surface area contributed by atoms with Crippen molar-refractivity contribution < 1.29 is 19.2 Å². The van der Waals surface area contributed by atoms with Crippen molar-refractivity contribution in [3.8, 4) is 0 Å². The monoisotopic (exact) mass is 418 g/mol. The van der Waals surface area contributed by atoms with Crippen LogP contribution in [0, 0.1) is 17.0 Å². The molecule has 0 fully saturated rings. The number of hydrogen-bond acceptors (Lipinski definition) is 5. The Labute approximate surface area is 156 Å².